The predicted octanol–water partition coefficient (Wildman–Crippen LogP) is 0.921. The number of aliphatic hydroxyl groups excluding tert-OH is 1. The molecular formula is C17H27N3O3. The van der Waals surface area contributed by atoms with Gasteiger partial charge in [0, 0.05) is 25.2 Å². The molecule has 1 atom stereocenters. The summed E-state index contributed by atoms with van der Waals surface area (Å²) >= 11 is 0. The summed E-state index contributed by atoms with van der Waals surface area (Å²) in [5.41, 5.74) is -0.212. The van der Waals surface area contributed by atoms with Crippen LogP contribution in [0.3, 0.4) is 0 Å². The van der Waals surface area contributed by atoms with Gasteiger partial charge in [-0.05, 0) is 39.2 Å². The van der Waals surface area contributed by atoms with Crippen molar-refractivity contribution in [3.05, 3.63) is 11.6 Å². The third-order valence-electron chi connectivity index (χ3n) is 4.77. The minimum absolute atomic E-state index is 0.0443. The Hall–Kier alpha value is -1.42. The number of nitriles is 1. The van der Waals surface area contributed by atoms with Gasteiger partial charge in [-0.1, -0.05) is 0 Å². The van der Waals surface area contributed by atoms with Crippen molar-refractivity contribution in [1.29, 1.82) is 5.26 Å². The van der Waals surface area contributed by atoms with Crippen molar-refractivity contribution in [2.75, 3.05) is 39.5 Å². The number of piperidine rings is 1. The number of amides is 1. The Balaban J connectivity index is 2.16. The van der Waals surface area contributed by atoms with Gasteiger partial charge in [0.05, 0.1) is 25.9 Å². The lowest BCUT2D eigenvalue weighted by Gasteiger charge is -2.39. The SMILES string of the molecule is CC(C)(C=C(C#N)C(=O)N1CCCC[C@@H]1CO)N1CCOCC1. The van der Waals surface area contributed by atoms with E-state index in [2.05, 4.69) is 11.0 Å². The Labute approximate surface area is 138 Å². The van der Waals surface area contributed by atoms with E-state index >= 15 is 0 Å². The zero-order chi connectivity index (χ0) is 16.9. The summed E-state index contributed by atoms with van der Waals surface area (Å²) in [4.78, 5) is 16.6. The highest BCUT2D eigenvalue weighted by Gasteiger charge is 2.32. The maximum absolute atomic E-state index is 12.7. The van der Waals surface area contributed by atoms with E-state index in [0.717, 1.165) is 32.4 Å². The molecule has 2 aliphatic heterocycles. The predicted molar refractivity (Wildman–Crippen MR) is 86.6 cm³/mol. The highest BCUT2D eigenvalue weighted by molar-refractivity contribution is 5.97. The molecule has 2 fully saturated rings. The van der Waals surface area contributed by atoms with Gasteiger partial charge in [-0.3, -0.25) is 9.69 Å². The van der Waals surface area contributed by atoms with Gasteiger partial charge in [0.1, 0.15) is 11.6 Å². The molecule has 0 spiro atoms. The molecule has 2 aliphatic rings. The lowest BCUT2D eigenvalue weighted by atomic mass is 9.96. The number of ether oxygens (including phenoxy) is 1. The molecule has 0 unspecified atom stereocenters. The zero-order valence-corrected chi connectivity index (χ0v) is 14.1. The van der Waals surface area contributed by atoms with Crippen LogP contribution in [-0.4, -0.2) is 71.8 Å². The van der Waals surface area contributed by atoms with Crippen LogP contribution in [0, 0.1) is 11.3 Å². The second-order valence-corrected chi connectivity index (χ2v) is 6.75. The van der Waals surface area contributed by atoms with Crippen LogP contribution >= 0.6 is 0 Å². The average Bonchev–Trinajstić information content (AvgIpc) is 2.59. The molecule has 0 saturated carbocycles. The van der Waals surface area contributed by atoms with Gasteiger partial charge in [-0.15, -0.1) is 0 Å². The first-order chi connectivity index (χ1) is 11.0. The van der Waals surface area contributed by atoms with Crippen molar-refractivity contribution in [3.63, 3.8) is 0 Å². The van der Waals surface area contributed by atoms with Gasteiger partial charge in [0.15, 0.2) is 0 Å². The first-order valence-corrected chi connectivity index (χ1v) is 8.37. The Kier molecular flexibility index (Phi) is 6.17. The van der Waals surface area contributed by atoms with Gasteiger partial charge in [0.2, 0.25) is 0 Å². The molecule has 1 amide bonds. The van der Waals surface area contributed by atoms with E-state index in [0.29, 0.717) is 19.8 Å². The quantitative estimate of drug-likeness (QED) is 0.615. The van der Waals surface area contributed by atoms with Crippen LogP contribution in [0.5, 0.6) is 0 Å². The normalized spacial score (nSPS) is 24.3. The van der Waals surface area contributed by atoms with Crippen LogP contribution in [-0.2, 0) is 9.53 Å². The number of hydrogen-bond acceptors (Lipinski definition) is 5. The highest BCUT2D eigenvalue weighted by Crippen LogP contribution is 2.23. The molecule has 0 bridgehead atoms. The molecule has 23 heavy (non-hydrogen) atoms. The minimum atomic E-state index is -0.380. The van der Waals surface area contributed by atoms with Gasteiger partial charge in [-0.25, -0.2) is 0 Å². The molecular weight excluding hydrogens is 294 g/mol. The van der Waals surface area contributed by atoms with Crippen molar-refractivity contribution in [2.45, 2.75) is 44.7 Å². The van der Waals surface area contributed by atoms with Gasteiger partial charge < -0.3 is 14.7 Å². The van der Waals surface area contributed by atoms with E-state index < -0.39 is 0 Å². The van der Waals surface area contributed by atoms with Crippen molar-refractivity contribution < 1.29 is 14.6 Å². The third kappa shape index (κ3) is 4.31. The lowest BCUT2D eigenvalue weighted by Crippen LogP contribution is -2.50. The van der Waals surface area contributed by atoms with Crippen molar-refractivity contribution in [2.24, 2.45) is 0 Å². The van der Waals surface area contributed by atoms with Gasteiger partial charge >= 0.3 is 0 Å². The number of nitrogens with zero attached hydrogens (tertiary/aromatic N) is 3. The summed E-state index contributed by atoms with van der Waals surface area (Å²) < 4.78 is 5.37. The Morgan fingerprint density at radius 1 is 1.35 bits per heavy atom. The summed E-state index contributed by atoms with van der Waals surface area (Å²) in [6, 6.07) is 1.90. The number of likely N-dealkylation sites (tertiary alicyclic amines) is 1. The average molecular weight is 321 g/mol. The number of aliphatic hydroxyl groups is 1. The molecule has 2 rings (SSSR count). The van der Waals surface area contributed by atoms with Crippen molar-refractivity contribution >= 4 is 5.91 Å². The summed E-state index contributed by atoms with van der Waals surface area (Å²) in [6.45, 7) is 7.53. The highest BCUT2D eigenvalue weighted by atomic mass is 16.5. The number of carbonyl (C=O) groups is 1. The van der Waals surface area contributed by atoms with Crippen LogP contribution in [0.2, 0.25) is 0 Å². The standard InChI is InChI=1S/C17H27N3O3/c1-17(2,19-7-9-23-10-8-19)11-14(12-18)16(22)20-6-4-3-5-15(20)13-21/h11,15,21H,3-10,13H2,1-2H3/t15-/m1/s1. The van der Waals surface area contributed by atoms with Crippen molar-refractivity contribution in [3.8, 4) is 6.07 Å². The second-order valence-electron chi connectivity index (χ2n) is 6.75. The first-order valence-electron chi connectivity index (χ1n) is 8.37. The fraction of sp³-hybridized carbons (Fsp3) is 0.765. The van der Waals surface area contributed by atoms with E-state index in [-0.39, 0.29) is 29.7 Å². The summed E-state index contributed by atoms with van der Waals surface area (Å²) in [6.07, 6.45) is 4.51. The third-order valence-corrected chi connectivity index (χ3v) is 4.77. The molecule has 0 radical (unpaired) electrons. The molecule has 1 N–H and O–H groups in total. The molecule has 6 heteroatoms. The maximum Gasteiger partial charge on any atom is 0.264 e. The Morgan fingerprint density at radius 3 is 2.65 bits per heavy atom. The summed E-state index contributed by atoms with van der Waals surface area (Å²) in [7, 11) is 0. The molecule has 0 aliphatic carbocycles. The summed E-state index contributed by atoms with van der Waals surface area (Å²) in [5, 5.41) is 19.0. The fourth-order valence-electron chi connectivity index (χ4n) is 3.34. The number of hydrogen-bond donors (Lipinski definition) is 1. The van der Waals surface area contributed by atoms with Gasteiger partial charge in [0.25, 0.3) is 5.91 Å². The molecule has 128 valence electrons. The van der Waals surface area contributed by atoms with Crippen LogP contribution in [0.4, 0.5) is 0 Å². The molecule has 2 saturated heterocycles. The van der Waals surface area contributed by atoms with E-state index in [9.17, 15) is 15.2 Å². The van der Waals surface area contributed by atoms with E-state index in [1.54, 1.807) is 11.0 Å². The van der Waals surface area contributed by atoms with Crippen LogP contribution in [0.25, 0.3) is 0 Å². The maximum atomic E-state index is 12.7. The number of carbonyl (C=O) groups excluding carboxylic acids is 1. The fourth-order valence-corrected chi connectivity index (χ4v) is 3.34. The Morgan fingerprint density at radius 2 is 2.04 bits per heavy atom. The van der Waals surface area contributed by atoms with Crippen LogP contribution < -0.4 is 0 Å². The zero-order valence-electron chi connectivity index (χ0n) is 14.1. The summed E-state index contributed by atoms with van der Waals surface area (Å²) in [5.74, 6) is -0.257. The van der Waals surface area contributed by atoms with E-state index in [1.807, 2.05) is 13.8 Å². The lowest BCUT2D eigenvalue weighted by molar-refractivity contribution is -0.131. The smallest absolute Gasteiger partial charge is 0.264 e. The number of morpholine rings is 1. The first kappa shape index (κ1) is 17.9. The van der Waals surface area contributed by atoms with Crippen molar-refractivity contribution in [1.82, 2.24) is 9.80 Å². The Bertz CT molecular complexity index is 490. The molecule has 2 heterocycles. The van der Waals surface area contributed by atoms with E-state index in [4.69, 9.17) is 4.74 Å². The molecule has 0 aromatic carbocycles. The van der Waals surface area contributed by atoms with Gasteiger partial charge in [-0.2, -0.15) is 5.26 Å². The topological polar surface area (TPSA) is 76.8 Å². The number of rotatable bonds is 4. The second kappa shape index (κ2) is 7.91. The molecule has 0 aromatic rings. The molecule has 0 aromatic heterocycles. The monoisotopic (exact) mass is 321 g/mol. The van der Waals surface area contributed by atoms with E-state index in [1.165, 1.54) is 0 Å². The van der Waals surface area contributed by atoms with Crippen LogP contribution in [0.1, 0.15) is 33.1 Å². The minimum Gasteiger partial charge on any atom is -0.394 e. The largest absolute Gasteiger partial charge is 0.394 e. The van der Waals surface area contributed by atoms with Crippen LogP contribution in [0.15, 0.2) is 11.6 Å². The molecule has 6 nitrogen and oxygen atoms in total.